The molecule has 1 saturated carbocycles. The molecule has 1 saturated heterocycles. The van der Waals surface area contributed by atoms with Gasteiger partial charge in [-0.3, -0.25) is 14.4 Å². The molecule has 146 valence electrons. The number of hydrogen-bond donors (Lipinski definition) is 1. The lowest BCUT2D eigenvalue weighted by atomic mass is 9.96. The first kappa shape index (κ1) is 20.0. The van der Waals surface area contributed by atoms with E-state index < -0.39 is 0 Å². The smallest absolute Gasteiger partial charge is 0.244 e. The molecule has 1 heterocycles. The van der Waals surface area contributed by atoms with Crippen LogP contribution >= 0.6 is 23.2 Å². The summed E-state index contributed by atoms with van der Waals surface area (Å²) < 4.78 is 0. The zero-order valence-electron chi connectivity index (χ0n) is 15.2. The van der Waals surface area contributed by atoms with Crippen molar-refractivity contribution in [3.63, 3.8) is 0 Å². The van der Waals surface area contributed by atoms with Crippen molar-refractivity contribution in [1.29, 1.82) is 0 Å². The number of anilines is 1. The molecule has 1 N–H and O–H groups in total. The lowest BCUT2D eigenvalue weighted by Crippen LogP contribution is -2.47. The first-order valence-corrected chi connectivity index (χ1v) is 9.90. The van der Waals surface area contributed by atoms with Gasteiger partial charge in [-0.25, -0.2) is 0 Å². The number of likely N-dealkylation sites (tertiary alicyclic amines) is 1. The third kappa shape index (κ3) is 4.93. The summed E-state index contributed by atoms with van der Waals surface area (Å²) in [4.78, 5) is 40.5. The van der Waals surface area contributed by atoms with Crippen LogP contribution in [0.25, 0.3) is 0 Å². The van der Waals surface area contributed by atoms with Gasteiger partial charge in [-0.05, 0) is 37.8 Å². The average molecular weight is 412 g/mol. The van der Waals surface area contributed by atoms with Crippen molar-refractivity contribution in [3.05, 3.63) is 28.2 Å². The summed E-state index contributed by atoms with van der Waals surface area (Å²) in [6, 6.07) is 4.95. The highest BCUT2D eigenvalue weighted by Crippen LogP contribution is 2.33. The third-order valence-corrected chi connectivity index (χ3v) is 5.62. The monoisotopic (exact) mass is 411 g/mol. The Morgan fingerprint density at radius 3 is 2.44 bits per heavy atom. The van der Waals surface area contributed by atoms with Gasteiger partial charge >= 0.3 is 0 Å². The van der Waals surface area contributed by atoms with Crippen molar-refractivity contribution < 1.29 is 14.4 Å². The number of halogens is 2. The first-order valence-electron chi connectivity index (χ1n) is 9.14. The van der Waals surface area contributed by atoms with Gasteiger partial charge in [-0.1, -0.05) is 29.3 Å². The Morgan fingerprint density at radius 1 is 1.15 bits per heavy atom. The van der Waals surface area contributed by atoms with Gasteiger partial charge in [0.25, 0.3) is 0 Å². The minimum Gasteiger partial charge on any atom is -0.342 e. The molecule has 1 aliphatic carbocycles. The molecular formula is C19H23Cl2N3O3. The summed E-state index contributed by atoms with van der Waals surface area (Å²) >= 11 is 12.1. The molecule has 6 nitrogen and oxygen atoms in total. The number of carbonyl (C=O) groups excluding carboxylic acids is 3. The van der Waals surface area contributed by atoms with Gasteiger partial charge < -0.3 is 15.1 Å². The van der Waals surface area contributed by atoms with E-state index in [1.807, 2.05) is 0 Å². The van der Waals surface area contributed by atoms with E-state index in [-0.39, 0.29) is 36.1 Å². The Balaban J connectivity index is 1.55. The molecule has 1 atom stereocenters. The minimum absolute atomic E-state index is 0.104. The Kier molecular flexibility index (Phi) is 6.27. The average Bonchev–Trinajstić information content (AvgIpc) is 3.49. The van der Waals surface area contributed by atoms with Gasteiger partial charge in [-0.15, -0.1) is 0 Å². The summed E-state index contributed by atoms with van der Waals surface area (Å²) in [5.41, 5.74) is 0.338. The standard InChI is InChI=1S/C19H23Cl2N3O3/c1-23(11-16(25)22-17-14(20)5-2-6-15(17)21)18(26)13-4-3-9-24(10-13)19(27)12-7-8-12/h2,5-6,12-13H,3-4,7-11H2,1H3,(H,22,25). The number of amides is 3. The van der Waals surface area contributed by atoms with Crippen molar-refractivity contribution in [1.82, 2.24) is 9.80 Å². The molecule has 0 spiro atoms. The summed E-state index contributed by atoms with van der Waals surface area (Å²) in [5.74, 6) is -0.432. The van der Waals surface area contributed by atoms with Crippen LogP contribution in [0.3, 0.4) is 0 Å². The van der Waals surface area contributed by atoms with E-state index in [1.54, 1.807) is 30.1 Å². The van der Waals surface area contributed by atoms with E-state index in [9.17, 15) is 14.4 Å². The summed E-state index contributed by atoms with van der Waals surface area (Å²) in [7, 11) is 1.60. The molecular weight excluding hydrogens is 389 g/mol. The van der Waals surface area contributed by atoms with Crippen molar-refractivity contribution in [3.8, 4) is 0 Å². The molecule has 0 radical (unpaired) electrons. The number of likely N-dealkylation sites (N-methyl/N-ethyl adjacent to an activating group) is 1. The van der Waals surface area contributed by atoms with Crippen LogP contribution in [0.4, 0.5) is 5.69 Å². The van der Waals surface area contributed by atoms with Crippen LogP contribution in [0.1, 0.15) is 25.7 Å². The fourth-order valence-corrected chi connectivity index (χ4v) is 3.86. The lowest BCUT2D eigenvalue weighted by molar-refractivity contribution is -0.142. The lowest BCUT2D eigenvalue weighted by Gasteiger charge is -2.34. The maximum Gasteiger partial charge on any atom is 0.244 e. The highest BCUT2D eigenvalue weighted by molar-refractivity contribution is 6.39. The van der Waals surface area contributed by atoms with Crippen LogP contribution in [0.15, 0.2) is 18.2 Å². The quantitative estimate of drug-likeness (QED) is 0.809. The fourth-order valence-electron chi connectivity index (χ4n) is 3.37. The molecule has 2 aliphatic rings. The number of piperidine rings is 1. The van der Waals surface area contributed by atoms with Crippen molar-refractivity contribution in [2.45, 2.75) is 25.7 Å². The molecule has 3 amide bonds. The van der Waals surface area contributed by atoms with E-state index in [2.05, 4.69) is 5.32 Å². The number of nitrogens with one attached hydrogen (secondary N) is 1. The van der Waals surface area contributed by atoms with Gasteiger partial charge in [0, 0.05) is 26.1 Å². The molecule has 27 heavy (non-hydrogen) atoms. The van der Waals surface area contributed by atoms with Crippen molar-refractivity contribution >= 4 is 46.6 Å². The molecule has 0 bridgehead atoms. The van der Waals surface area contributed by atoms with Crippen LogP contribution in [0.2, 0.25) is 10.0 Å². The highest BCUT2D eigenvalue weighted by atomic mass is 35.5. The topological polar surface area (TPSA) is 69.7 Å². The second-order valence-corrected chi connectivity index (χ2v) is 8.05. The van der Waals surface area contributed by atoms with E-state index in [1.165, 1.54) is 4.90 Å². The van der Waals surface area contributed by atoms with Crippen LogP contribution < -0.4 is 5.32 Å². The summed E-state index contributed by atoms with van der Waals surface area (Å²) in [6.45, 7) is 1.05. The molecule has 8 heteroatoms. The minimum atomic E-state index is -0.373. The number of carbonyl (C=O) groups is 3. The molecule has 1 aliphatic heterocycles. The van der Waals surface area contributed by atoms with Crippen LogP contribution in [-0.2, 0) is 14.4 Å². The zero-order valence-corrected chi connectivity index (χ0v) is 16.7. The second-order valence-electron chi connectivity index (χ2n) is 7.24. The fraction of sp³-hybridized carbons (Fsp3) is 0.526. The SMILES string of the molecule is CN(CC(=O)Nc1c(Cl)cccc1Cl)C(=O)C1CCCN(C(=O)C2CC2)C1. The van der Waals surface area contributed by atoms with E-state index in [0.717, 1.165) is 25.7 Å². The largest absolute Gasteiger partial charge is 0.342 e. The molecule has 2 fully saturated rings. The molecule has 0 aromatic heterocycles. The van der Waals surface area contributed by atoms with Gasteiger partial charge in [0.1, 0.15) is 0 Å². The highest BCUT2D eigenvalue weighted by Gasteiger charge is 2.37. The van der Waals surface area contributed by atoms with Crippen LogP contribution in [0.5, 0.6) is 0 Å². The Labute approximate surface area is 168 Å². The maximum atomic E-state index is 12.7. The Morgan fingerprint density at radius 2 is 1.81 bits per heavy atom. The predicted molar refractivity (Wildman–Crippen MR) is 105 cm³/mol. The normalized spacial score (nSPS) is 19.5. The van der Waals surface area contributed by atoms with E-state index >= 15 is 0 Å². The van der Waals surface area contributed by atoms with E-state index in [0.29, 0.717) is 28.8 Å². The third-order valence-electron chi connectivity index (χ3n) is 4.99. The summed E-state index contributed by atoms with van der Waals surface area (Å²) in [5, 5.41) is 3.33. The number of nitrogens with zero attached hydrogens (tertiary/aromatic N) is 2. The Hall–Kier alpha value is -1.79. The number of hydrogen-bond acceptors (Lipinski definition) is 3. The van der Waals surface area contributed by atoms with Gasteiger partial charge in [-0.2, -0.15) is 0 Å². The van der Waals surface area contributed by atoms with Crippen molar-refractivity contribution in [2.24, 2.45) is 11.8 Å². The molecule has 1 aromatic carbocycles. The molecule has 1 aromatic rings. The van der Waals surface area contributed by atoms with E-state index in [4.69, 9.17) is 23.2 Å². The van der Waals surface area contributed by atoms with Gasteiger partial charge in [0.2, 0.25) is 17.7 Å². The van der Waals surface area contributed by atoms with Crippen LogP contribution in [-0.4, -0.2) is 54.2 Å². The number of rotatable bonds is 5. The first-order chi connectivity index (χ1) is 12.9. The molecule has 3 rings (SSSR count). The zero-order chi connectivity index (χ0) is 19.6. The van der Waals surface area contributed by atoms with Gasteiger partial charge in [0.15, 0.2) is 0 Å². The van der Waals surface area contributed by atoms with Gasteiger partial charge in [0.05, 0.1) is 28.2 Å². The molecule has 1 unspecified atom stereocenters. The maximum absolute atomic E-state index is 12.7. The summed E-state index contributed by atoms with van der Waals surface area (Å²) in [6.07, 6.45) is 3.46. The predicted octanol–water partition coefficient (Wildman–Crippen LogP) is 3.04. The van der Waals surface area contributed by atoms with Crippen molar-refractivity contribution in [2.75, 3.05) is 32.0 Å². The second kappa shape index (κ2) is 8.48. The Bertz CT molecular complexity index is 731. The van der Waals surface area contributed by atoms with Crippen LogP contribution in [0, 0.1) is 11.8 Å². The number of benzene rings is 1. The number of para-hydroxylation sites is 1.